The Balaban J connectivity index is 2.19. The van der Waals surface area contributed by atoms with Gasteiger partial charge in [0.25, 0.3) is 5.69 Å². The molecule has 22 heavy (non-hydrogen) atoms. The Morgan fingerprint density at radius 3 is 2.59 bits per heavy atom. The van der Waals surface area contributed by atoms with Crippen molar-refractivity contribution in [3.05, 3.63) is 33.9 Å². The Kier molecular flexibility index (Phi) is 5.75. The molecule has 1 fully saturated rings. The Labute approximate surface area is 130 Å². The van der Waals surface area contributed by atoms with Gasteiger partial charge in [-0.3, -0.25) is 10.1 Å². The van der Waals surface area contributed by atoms with Crippen molar-refractivity contribution in [3.8, 4) is 0 Å². The first kappa shape index (κ1) is 16.3. The van der Waals surface area contributed by atoms with E-state index in [0.717, 1.165) is 25.7 Å². The summed E-state index contributed by atoms with van der Waals surface area (Å²) < 4.78 is 4.89. The van der Waals surface area contributed by atoms with Crippen LogP contribution in [0.15, 0.2) is 18.2 Å². The number of hydrogen-bond donors (Lipinski definition) is 1. The zero-order valence-corrected chi connectivity index (χ0v) is 12.8. The molecule has 2 rings (SSSR count). The fourth-order valence-corrected chi connectivity index (χ4v) is 2.79. The molecule has 0 bridgehead atoms. The number of ether oxygens (including phenoxy) is 1. The number of rotatable bonds is 5. The van der Waals surface area contributed by atoms with Crippen LogP contribution in [0.1, 0.15) is 55.8 Å². The Morgan fingerprint density at radius 2 is 2.00 bits per heavy atom. The van der Waals surface area contributed by atoms with Gasteiger partial charge in [-0.2, -0.15) is 0 Å². The molecular weight excluding hydrogens is 284 g/mol. The smallest absolute Gasteiger partial charge is 0.338 e. The summed E-state index contributed by atoms with van der Waals surface area (Å²) in [6, 6.07) is 4.73. The highest BCUT2D eigenvalue weighted by Gasteiger charge is 2.21. The van der Waals surface area contributed by atoms with Crippen LogP contribution in [0, 0.1) is 10.1 Å². The number of nitro benzene ring substituents is 1. The maximum Gasteiger partial charge on any atom is 0.338 e. The van der Waals surface area contributed by atoms with Crippen molar-refractivity contribution in [3.63, 3.8) is 0 Å². The number of nitrogens with zero attached hydrogens (tertiary/aromatic N) is 1. The first-order valence-corrected chi connectivity index (χ1v) is 7.84. The largest absolute Gasteiger partial charge is 0.462 e. The van der Waals surface area contributed by atoms with E-state index in [1.165, 1.54) is 18.9 Å². The minimum Gasteiger partial charge on any atom is -0.462 e. The molecule has 1 aliphatic carbocycles. The van der Waals surface area contributed by atoms with E-state index in [9.17, 15) is 14.9 Å². The normalized spacial score (nSPS) is 15.9. The van der Waals surface area contributed by atoms with Gasteiger partial charge in [0.2, 0.25) is 0 Å². The molecule has 6 nitrogen and oxygen atoms in total. The molecule has 1 aromatic rings. The molecule has 0 aromatic heterocycles. The van der Waals surface area contributed by atoms with Gasteiger partial charge in [-0.25, -0.2) is 4.79 Å². The van der Waals surface area contributed by atoms with Gasteiger partial charge >= 0.3 is 5.97 Å². The average Bonchev–Trinajstić information content (AvgIpc) is 2.76. The van der Waals surface area contributed by atoms with Crippen LogP contribution in [0.5, 0.6) is 0 Å². The van der Waals surface area contributed by atoms with Crippen LogP contribution >= 0.6 is 0 Å². The van der Waals surface area contributed by atoms with E-state index in [1.807, 2.05) is 0 Å². The quantitative estimate of drug-likeness (QED) is 0.386. The SMILES string of the molecule is CCOC(=O)c1ccc(NC2CCCCCC2)c([N+](=O)[O-])c1. The Hall–Kier alpha value is -2.11. The molecule has 6 heteroatoms. The van der Waals surface area contributed by atoms with Crippen LogP contribution in [0.2, 0.25) is 0 Å². The number of hydrogen-bond acceptors (Lipinski definition) is 5. The minimum absolute atomic E-state index is 0.0743. The molecule has 1 saturated carbocycles. The van der Waals surface area contributed by atoms with E-state index < -0.39 is 10.9 Å². The first-order valence-electron chi connectivity index (χ1n) is 7.84. The van der Waals surface area contributed by atoms with Crippen molar-refractivity contribution >= 4 is 17.3 Å². The van der Waals surface area contributed by atoms with E-state index in [1.54, 1.807) is 19.1 Å². The van der Waals surface area contributed by atoms with Gasteiger partial charge in [0, 0.05) is 12.1 Å². The minimum atomic E-state index is -0.536. The predicted octanol–water partition coefficient (Wildman–Crippen LogP) is 3.91. The van der Waals surface area contributed by atoms with Gasteiger partial charge in [-0.15, -0.1) is 0 Å². The second kappa shape index (κ2) is 7.77. The highest BCUT2D eigenvalue weighted by atomic mass is 16.6. The molecule has 0 amide bonds. The molecular formula is C16H22N2O4. The summed E-state index contributed by atoms with van der Waals surface area (Å²) in [5.74, 6) is -0.536. The lowest BCUT2D eigenvalue weighted by atomic mass is 10.1. The zero-order valence-electron chi connectivity index (χ0n) is 12.8. The van der Waals surface area contributed by atoms with E-state index in [2.05, 4.69) is 5.32 Å². The Bertz CT molecular complexity index is 537. The predicted molar refractivity (Wildman–Crippen MR) is 84.2 cm³/mol. The molecule has 1 aromatic carbocycles. The second-order valence-corrected chi connectivity index (χ2v) is 5.54. The Morgan fingerprint density at radius 1 is 1.32 bits per heavy atom. The molecule has 120 valence electrons. The number of nitrogens with one attached hydrogen (secondary N) is 1. The first-order chi connectivity index (χ1) is 10.6. The molecule has 0 spiro atoms. The van der Waals surface area contributed by atoms with Crippen molar-refractivity contribution in [2.75, 3.05) is 11.9 Å². The average molecular weight is 306 g/mol. The summed E-state index contributed by atoms with van der Waals surface area (Å²) in [6.07, 6.45) is 6.79. The lowest BCUT2D eigenvalue weighted by Crippen LogP contribution is -2.19. The third-order valence-corrected chi connectivity index (χ3v) is 3.92. The van der Waals surface area contributed by atoms with Crippen molar-refractivity contribution < 1.29 is 14.5 Å². The number of carbonyl (C=O) groups is 1. The van der Waals surface area contributed by atoms with Crippen LogP contribution in [-0.2, 0) is 4.74 Å². The molecule has 1 N–H and O–H groups in total. The summed E-state index contributed by atoms with van der Waals surface area (Å²) in [5, 5.41) is 14.6. The fraction of sp³-hybridized carbons (Fsp3) is 0.562. The van der Waals surface area contributed by atoms with E-state index >= 15 is 0 Å². The molecule has 0 radical (unpaired) electrons. The molecule has 0 saturated heterocycles. The number of benzene rings is 1. The zero-order chi connectivity index (χ0) is 15.9. The highest BCUT2D eigenvalue weighted by Crippen LogP contribution is 2.29. The van der Waals surface area contributed by atoms with E-state index in [-0.39, 0.29) is 23.9 Å². The maximum atomic E-state index is 11.7. The van der Waals surface area contributed by atoms with E-state index in [0.29, 0.717) is 5.69 Å². The van der Waals surface area contributed by atoms with Gasteiger partial charge < -0.3 is 10.1 Å². The van der Waals surface area contributed by atoms with Crippen molar-refractivity contribution in [2.45, 2.75) is 51.5 Å². The van der Waals surface area contributed by atoms with Crippen LogP contribution in [0.3, 0.4) is 0 Å². The number of anilines is 1. The fourth-order valence-electron chi connectivity index (χ4n) is 2.79. The standard InChI is InChI=1S/C16H22N2O4/c1-2-22-16(19)12-9-10-14(15(11-12)18(20)21)17-13-7-5-3-4-6-8-13/h9-11,13,17H,2-8H2,1H3. The number of carbonyl (C=O) groups excluding carboxylic acids is 1. The molecule has 1 aliphatic rings. The number of nitro groups is 1. The van der Waals surface area contributed by atoms with Gasteiger partial charge in [-0.05, 0) is 31.9 Å². The summed E-state index contributed by atoms with van der Waals surface area (Å²) in [6.45, 7) is 1.95. The van der Waals surface area contributed by atoms with Gasteiger partial charge in [0.15, 0.2) is 0 Å². The highest BCUT2D eigenvalue weighted by molar-refractivity contribution is 5.91. The van der Waals surface area contributed by atoms with Gasteiger partial charge in [0.05, 0.1) is 17.1 Å². The lowest BCUT2D eigenvalue weighted by molar-refractivity contribution is -0.384. The van der Waals surface area contributed by atoms with E-state index in [4.69, 9.17) is 4.74 Å². The monoisotopic (exact) mass is 306 g/mol. The summed E-state index contributed by atoms with van der Waals surface area (Å²) in [4.78, 5) is 22.5. The van der Waals surface area contributed by atoms with Crippen LogP contribution in [0.4, 0.5) is 11.4 Å². The summed E-state index contributed by atoms with van der Waals surface area (Å²) in [5.41, 5.74) is 0.611. The number of esters is 1. The summed E-state index contributed by atoms with van der Waals surface area (Å²) >= 11 is 0. The van der Waals surface area contributed by atoms with Crippen molar-refractivity contribution in [2.24, 2.45) is 0 Å². The summed E-state index contributed by atoms with van der Waals surface area (Å²) in [7, 11) is 0. The third kappa shape index (κ3) is 4.19. The van der Waals surface area contributed by atoms with Crippen molar-refractivity contribution in [1.29, 1.82) is 0 Å². The maximum absolute atomic E-state index is 11.7. The molecule has 0 atom stereocenters. The molecule has 0 unspecified atom stereocenters. The molecule has 0 aliphatic heterocycles. The second-order valence-electron chi connectivity index (χ2n) is 5.54. The van der Waals surface area contributed by atoms with Gasteiger partial charge in [0.1, 0.15) is 5.69 Å². The topological polar surface area (TPSA) is 81.5 Å². The van der Waals surface area contributed by atoms with Gasteiger partial charge in [-0.1, -0.05) is 25.7 Å². The third-order valence-electron chi connectivity index (χ3n) is 3.92. The molecule has 0 heterocycles. The van der Waals surface area contributed by atoms with Crippen LogP contribution in [0.25, 0.3) is 0 Å². The van der Waals surface area contributed by atoms with Crippen molar-refractivity contribution in [1.82, 2.24) is 0 Å². The lowest BCUT2D eigenvalue weighted by Gasteiger charge is -2.17. The van der Waals surface area contributed by atoms with Crippen LogP contribution < -0.4 is 5.32 Å². The van der Waals surface area contributed by atoms with Crippen LogP contribution in [-0.4, -0.2) is 23.5 Å².